The highest BCUT2D eigenvalue weighted by molar-refractivity contribution is 7.09. The Kier molecular flexibility index (Phi) is 8.15. The Bertz CT molecular complexity index is 617. The van der Waals surface area contributed by atoms with E-state index in [4.69, 9.17) is 4.74 Å². The van der Waals surface area contributed by atoms with Crippen LogP contribution in [-0.4, -0.2) is 24.2 Å². The van der Waals surface area contributed by atoms with Crippen molar-refractivity contribution < 1.29 is 9.53 Å². The van der Waals surface area contributed by atoms with E-state index in [1.807, 2.05) is 0 Å². The van der Waals surface area contributed by atoms with Gasteiger partial charge in [-0.2, -0.15) is 4.99 Å². The monoisotopic (exact) mass is 322 g/mol. The molecule has 0 fully saturated rings. The van der Waals surface area contributed by atoms with Crippen LogP contribution in [-0.2, 0) is 16.1 Å². The molecule has 1 amide bonds. The van der Waals surface area contributed by atoms with Crippen LogP contribution in [0.1, 0.15) is 43.7 Å². The Morgan fingerprint density at radius 1 is 1.45 bits per heavy atom. The normalized spacial score (nSPS) is 12.9. The largest absolute Gasteiger partial charge is 0.383 e. The summed E-state index contributed by atoms with van der Waals surface area (Å²) in [6, 6.07) is 0. The SMILES string of the molecule is CC#CC[C@@H](CCC)C(=O)N=c1sc(C)c(C)n1CCOC. The summed E-state index contributed by atoms with van der Waals surface area (Å²) in [5, 5.41) is 0. The van der Waals surface area contributed by atoms with Crippen LogP contribution in [0.3, 0.4) is 0 Å². The van der Waals surface area contributed by atoms with Crippen LogP contribution in [0.5, 0.6) is 0 Å². The second-order valence-corrected chi connectivity index (χ2v) is 6.42. The minimum atomic E-state index is -0.101. The first-order valence-corrected chi connectivity index (χ1v) is 8.50. The van der Waals surface area contributed by atoms with Gasteiger partial charge in [0.1, 0.15) is 0 Å². The van der Waals surface area contributed by atoms with Crippen LogP contribution in [0, 0.1) is 31.6 Å². The smallest absolute Gasteiger partial charge is 0.252 e. The van der Waals surface area contributed by atoms with Gasteiger partial charge < -0.3 is 9.30 Å². The Hall–Kier alpha value is -1.38. The predicted molar refractivity (Wildman–Crippen MR) is 90.7 cm³/mol. The summed E-state index contributed by atoms with van der Waals surface area (Å²) in [7, 11) is 1.68. The van der Waals surface area contributed by atoms with E-state index in [2.05, 4.69) is 42.2 Å². The molecule has 1 atom stereocenters. The lowest BCUT2D eigenvalue weighted by Crippen LogP contribution is -2.23. The third kappa shape index (κ3) is 5.11. The highest BCUT2D eigenvalue weighted by Gasteiger charge is 2.17. The number of amides is 1. The van der Waals surface area contributed by atoms with Gasteiger partial charge in [-0.05, 0) is 27.2 Å². The number of thiazole rings is 1. The number of aromatic nitrogens is 1. The van der Waals surface area contributed by atoms with E-state index < -0.39 is 0 Å². The molecule has 1 heterocycles. The number of carbonyl (C=O) groups excluding carboxylic acids is 1. The molecule has 0 radical (unpaired) electrons. The molecule has 0 aliphatic carbocycles. The van der Waals surface area contributed by atoms with Gasteiger partial charge in [-0.1, -0.05) is 13.3 Å². The van der Waals surface area contributed by atoms with E-state index in [-0.39, 0.29) is 11.8 Å². The zero-order valence-corrected chi connectivity index (χ0v) is 15.0. The Balaban J connectivity index is 3.09. The molecule has 0 unspecified atom stereocenters. The third-order valence-electron chi connectivity index (χ3n) is 3.63. The molecule has 0 aliphatic rings. The highest BCUT2D eigenvalue weighted by Crippen LogP contribution is 2.14. The molecular weight excluding hydrogens is 296 g/mol. The maximum Gasteiger partial charge on any atom is 0.252 e. The maximum absolute atomic E-state index is 12.5. The first-order valence-electron chi connectivity index (χ1n) is 7.69. The zero-order valence-electron chi connectivity index (χ0n) is 14.2. The molecule has 1 rings (SSSR count). The summed E-state index contributed by atoms with van der Waals surface area (Å²) in [5.41, 5.74) is 1.15. The van der Waals surface area contributed by atoms with Gasteiger partial charge in [0.2, 0.25) is 0 Å². The molecule has 0 spiro atoms. The lowest BCUT2D eigenvalue weighted by atomic mass is 9.99. The Morgan fingerprint density at radius 3 is 2.77 bits per heavy atom. The van der Waals surface area contributed by atoms with Crippen molar-refractivity contribution in [2.45, 2.75) is 53.5 Å². The molecule has 0 aliphatic heterocycles. The van der Waals surface area contributed by atoms with Crippen LogP contribution >= 0.6 is 11.3 Å². The number of methoxy groups -OCH3 is 1. The van der Waals surface area contributed by atoms with E-state index in [0.717, 1.165) is 23.3 Å². The van der Waals surface area contributed by atoms with Gasteiger partial charge in [0.15, 0.2) is 4.80 Å². The molecule has 22 heavy (non-hydrogen) atoms. The van der Waals surface area contributed by atoms with E-state index >= 15 is 0 Å². The van der Waals surface area contributed by atoms with Gasteiger partial charge in [-0.3, -0.25) is 4.79 Å². The van der Waals surface area contributed by atoms with E-state index in [1.165, 1.54) is 4.88 Å². The molecule has 5 heteroatoms. The van der Waals surface area contributed by atoms with E-state index in [9.17, 15) is 4.79 Å². The third-order valence-corrected chi connectivity index (χ3v) is 4.72. The number of ether oxygens (including phenoxy) is 1. The molecule has 122 valence electrons. The molecule has 0 saturated heterocycles. The van der Waals surface area contributed by atoms with Crippen molar-refractivity contribution in [1.29, 1.82) is 0 Å². The first-order chi connectivity index (χ1) is 10.5. The summed E-state index contributed by atoms with van der Waals surface area (Å²) in [6.45, 7) is 9.31. The molecule has 4 nitrogen and oxygen atoms in total. The van der Waals surface area contributed by atoms with Gasteiger partial charge in [-0.25, -0.2) is 0 Å². The highest BCUT2D eigenvalue weighted by atomic mass is 32.1. The van der Waals surface area contributed by atoms with Crippen LogP contribution in [0.15, 0.2) is 4.99 Å². The summed E-state index contributed by atoms with van der Waals surface area (Å²) in [4.78, 5) is 18.8. The molecule has 0 N–H and O–H groups in total. The second kappa shape index (κ2) is 9.60. The molecule has 0 aromatic carbocycles. The fraction of sp³-hybridized carbons (Fsp3) is 0.647. The predicted octanol–water partition coefficient (Wildman–Crippen LogP) is 3.07. The molecule has 1 aromatic heterocycles. The second-order valence-electron chi connectivity index (χ2n) is 5.24. The fourth-order valence-corrected chi connectivity index (χ4v) is 3.21. The van der Waals surface area contributed by atoms with Gasteiger partial charge >= 0.3 is 0 Å². The van der Waals surface area contributed by atoms with Crippen molar-refractivity contribution in [3.8, 4) is 11.8 Å². The number of aryl methyl sites for hydroxylation is 1. The first kappa shape index (κ1) is 18.7. The average Bonchev–Trinajstić information content (AvgIpc) is 2.76. The van der Waals surface area contributed by atoms with Crippen LogP contribution < -0.4 is 4.80 Å². The lowest BCUT2D eigenvalue weighted by Gasteiger charge is -2.08. The quantitative estimate of drug-likeness (QED) is 0.724. The van der Waals surface area contributed by atoms with Crippen LogP contribution in [0.25, 0.3) is 0 Å². The average molecular weight is 322 g/mol. The van der Waals surface area contributed by atoms with Crippen LogP contribution in [0.4, 0.5) is 0 Å². The van der Waals surface area contributed by atoms with Crippen molar-refractivity contribution in [3.05, 3.63) is 15.4 Å². The topological polar surface area (TPSA) is 43.6 Å². The van der Waals surface area contributed by atoms with Gasteiger partial charge in [0.05, 0.1) is 12.5 Å². The minimum Gasteiger partial charge on any atom is -0.383 e. The number of hydrogen-bond donors (Lipinski definition) is 0. The number of hydrogen-bond acceptors (Lipinski definition) is 3. The summed E-state index contributed by atoms with van der Waals surface area (Å²) in [6.07, 6.45) is 2.38. The Morgan fingerprint density at radius 2 is 2.18 bits per heavy atom. The molecule has 0 saturated carbocycles. The van der Waals surface area contributed by atoms with Crippen molar-refractivity contribution in [2.24, 2.45) is 10.9 Å². The number of rotatable bonds is 7. The van der Waals surface area contributed by atoms with Gasteiger partial charge in [0, 0.05) is 30.6 Å². The summed E-state index contributed by atoms with van der Waals surface area (Å²) in [5.74, 6) is 5.72. The Labute approximate surface area is 137 Å². The van der Waals surface area contributed by atoms with E-state index in [1.54, 1.807) is 25.4 Å². The van der Waals surface area contributed by atoms with Crippen molar-refractivity contribution >= 4 is 17.2 Å². The van der Waals surface area contributed by atoms with Crippen molar-refractivity contribution in [3.63, 3.8) is 0 Å². The lowest BCUT2D eigenvalue weighted by molar-refractivity contribution is -0.121. The van der Waals surface area contributed by atoms with Crippen molar-refractivity contribution in [2.75, 3.05) is 13.7 Å². The zero-order chi connectivity index (χ0) is 16.5. The standard InChI is InChI=1S/C17H26N2O2S/c1-6-8-10-15(9-7-2)16(20)18-17-19(11-12-21-5)13(3)14(4)22-17/h15H,7,9-12H2,1-5H3/t15-/m1/s1. The van der Waals surface area contributed by atoms with Gasteiger partial charge in [-0.15, -0.1) is 23.2 Å². The summed E-state index contributed by atoms with van der Waals surface area (Å²) >= 11 is 1.56. The van der Waals surface area contributed by atoms with Gasteiger partial charge in [0.25, 0.3) is 5.91 Å². The summed E-state index contributed by atoms with van der Waals surface area (Å²) < 4.78 is 7.21. The number of nitrogens with zero attached hydrogens (tertiary/aromatic N) is 2. The molecular formula is C17H26N2O2S. The number of carbonyl (C=O) groups is 1. The molecule has 0 bridgehead atoms. The molecule has 1 aromatic rings. The van der Waals surface area contributed by atoms with Crippen LogP contribution in [0.2, 0.25) is 0 Å². The fourth-order valence-electron chi connectivity index (χ4n) is 2.20. The van der Waals surface area contributed by atoms with E-state index in [0.29, 0.717) is 19.6 Å². The van der Waals surface area contributed by atoms with Crippen molar-refractivity contribution in [1.82, 2.24) is 4.57 Å². The minimum absolute atomic E-state index is 0.0583. The maximum atomic E-state index is 12.5.